The van der Waals surface area contributed by atoms with Crippen molar-refractivity contribution in [3.8, 4) is 22.3 Å². The van der Waals surface area contributed by atoms with Gasteiger partial charge < -0.3 is 0 Å². The molecule has 0 aliphatic carbocycles. The zero-order valence-electron chi connectivity index (χ0n) is 24.6. The van der Waals surface area contributed by atoms with Crippen LogP contribution >= 0.6 is 11.8 Å². The van der Waals surface area contributed by atoms with Crippen molar-refractivity contribution < 1.29 is 0 Å². The number of nitrogens with zero attached hydrogens (tertiary/aromatic N) is 1. The molecule has 6 aromatic carbocycles. The van der Waals surface area contributed by atoms with Crippen molar-refractivity contribution in [2.45, 2.75) is 36.0 Å². The summed E-state index contributed by atoms with van der Waals surface area (Å²) in [6.45, 7) is 7.02. The van der Waals surface area contributed by atoms with E-state index in [4.69, 9.17) is 0 Å². The molecule has 1 nitrogen and oxygen atoms in total. The van der Waals surface area contributed by atoms with E-state index in [1.54, 1.807) is 17.6 Å². The van der Waals surface area contributed by atoms with Crippen LogP contribution in [0.25, 0.3) is 22.3 Å². The SMILES string of the molecule is CC(C)(C)c1ccc2[c](c1)[Ge]1([c]3ccccc3-c3cccc[c]31)[c]1cc(N3c4ccccc4Sc4ccccc43)ccc1-2. The first-order chi connectivity index (χ1) is 21.0. The second kappa shape index (κ2) is 9.01. The molecule has 206 valence electrons. The van der Waals surface area contributed by atoms with Crippen molar-refractivity contribution in [2.24, 2.45) is 0 Å². The molecular formula is C40H31GeNS. The summed E-state index contributed by atoms with van der Waals surface area (Å²) < 4.78 is 6.29. The van der Waals surface area contributed by atoms with Gasteiger partial charge in [-0.2, -0.15) is 0 Å². The van der Waals surface area contributed by atoms with Gasteiger partial charge in [-0.05, 0) is 0 Å². The van der Waals surface area contributed by atoms with Gasteiger partial charge in [-0.3, -0.25) is 0 Å². The third kappa shape index (κ3) is 3.42. The van der Waals surface area contributed by atoms with Crippen molar-refractivity contribution in [3.05, 3.63) is 139 Å². The van der Waals surface area contributed by atoms with Crippen molar-refractivity contribution >= 4 is 59.7 Å². The molecule has 3 heteroatoms. The van der Waals surface area contributed by atoms with Crippen LogP contribution in [0, 0.1) is 0 Å². The third-order valence-electron chi connectivity index (χ3n) is 9.63. The molecule has 0 atom stereocenters. The second-order valence-corrected chi connectivity index (χ2v) is 21.7. The first-order valence-corrected chi connectivity index (χ1v) is 20.1. The molecule has 0 amide bonds. The number of hydrogen-bond donors (Lipinski definition) is 0. The van der Waals surface area contributed by atoms with Gasteiger partial charge in [0.05, 0.1) is 0 Å². The Morgan fingerprint density at radius 1 is 0.488 bits per heavy atom. The van der Waals surface area contributed by atoms with Gasteiger partial charge >= 0.3 is 262 Å². The summed E-state index contributed by atoms with van der Waals surface area (Å²) in [5, 5.41) is 0. The standard InChI is InChI=1S/C40H31GeNS/c1-40(2,3)26-20-22-30-31-23-21-27(42-36-16-8-10-18-38(36)43-39-19-11-9-17-37(39)42)25-35(31)41(34(30)24-26)32-14-6-4-12-28(32)29-13-5-7-15-33(29)41/h4-25H,1-3H3. The molecule has 0 aromatic heterocycles. The van der Waals surface area contributed by atoms with E-state index in [0.717, 1.165) is 0 Å². The quantitative estimate of drug-likeness (QED) is 0.168. The van der Waals surface area contributed by atoms with Crippen LogP contribution in [0.15, 0.2) is 143 Å². The van der Waals surface area contributed by atoms with E-state index in [-0.39, 0.29) is 5.41 Å². The monoisotopic (exact) mass is 631 g/mol. The van der Waals surface area contributed by atoms with Crippen molar-refractivity contribution in [1.29, 1.82) is 0 Å². The first kappa shape index (κ1) is 25.5. The predicted molar refractivity (Wildman–Crippen MR) is 186 cm³/mol. The van der Waals surface area contributed by atoms with Crippen LogP contribution in [0.1, 0.15) is 26.3 Å². The molecule has 0 radical (unpaired) electrons. The van der Waals surface area contributed by atoms with E-state index in [2.05, 4.69) is 159 Å². The van der Waals surface area contributed by atoms with Gasteiger partial charge in [0.1, 0.15) is 0 Å². The Hall–Kier alpha value is -3.99. The summed E-state index contributed by atoms with van der Waals surface area (Å²) in [5.74, 6) is 0. The van der Waals surface area contributed by atoms with E-state index in [9.17, 15) is 0 Å². The minimum absolute atomic E-state index is 0.0783. The number of anilines is 3. The van der Waals surface area contributed by atoms with E-state index in [1.165, 1.54) is 54.7 Å². The van der Waals surface area contributed by atoms with Crippen LogP contribution in [0.2, 0.25) is 0 Å². The average Bonchev–Trinajstić information content (AvgIpc) is 3.50. The molecule has 1 spiro atoms. The molecule has 0 saturated carbocycles. The van der Waals surface area contributed by atoms with Gasteiger partial charge in [-0.15, -0.1) is 0 Å². The summed E-state index contributed by atoms with van der Waals surface area (Å²) in [7, 11) is 0. The average molecular weight is 630 g/mol. The molecule has 9 rings (SSSR count). The van der Waals surface area contributed by atoms with Crippen LogP contribution in [0.4, 0.5) is 17.1 Å². The Morgan fingerprint density at radius 3 is 1.58 bits per heavy atom. The van der Waals surface area contributed by atoms with Crippen LogP contribution < -0.4 is 22.5 Å². The summed E-state index contributed by atoms with van der Waals surface area (Å²) in [5.41, 5.74) is 10.9. The molecular weight excluding hydrogens is 599 g/mol. The number of rotatable bonds is 1. The zero-order chi connectivity index (χ0) is 28.9. The Kier molecular flexibility index (Phi) is 5.35. The topological polar surface area (TPSA) is 3.24 Å². The predicted octanol–water partition coefficient (Wildman–Crippen LogP) is 8.26. The summed E-state index contributed by atoms with van der Waals surface area (Å²) in [6, 6.07) is 51.0. The van der Waals surface area contributed by atoms with E-state index in [1.807, 2.05) is 11.8 Å². The van der Waals surface area contributed by atoms with E-state index < -0.39 is 13.3 Å². The first-order valence-electron chi connectivity index (χ1n) is 15.1. The fourth-order valence-electron chi connectivity index (χ4n) is 7.72. The van der Waals surface area contributed by atoms with Gasteiger partial charge in [-0.1, -0.05) is 0 Å². The molecule has 0 fully saturated rings. The minimum atomic E-state index is -3.34. The van der Waals surface area contributed by atoms with Crippen molar-refractivity contribution in [1.82, 2.24) is 0 Å². The fraction of sp³-hybridized carbons (Fsp3) is 0.100. The maximum atomic E-state index is 2.59. The molecule has 0 bridgehead atoms. The van der Waals surface area contributed by atoms with Gasteiger partial charge in [-0.25, -0.2) is 0 Å². The Balaban J connectivity index is 1.38. The van der Waals surface area contributed by atoms with Crippen LogP contribution in [-0.2, 0) is 5.41 Å². The molecule has 3 aliphatic heterocycles. The maximum absolute atomic E-state index is 3.34. The molecule has 43 heavy (non-hydrogen) atoms. The second-order valence-electron chi connectivity index (χ2n) is 13.0. The molecule has 3 aliphatic rings. The number of fused-ring (bicyclic) bond motifs is 12. The zero-order valence-corrected chi connectivity index (χ0v) is 27.5. The molecule has 0 unspecified atom stereocenters. The van der Waals surface area contributed by atoms with Crippen LogP contribution in [-0.4, -0.2) is 13.3 Å². The van der Waals surface area contributed by atoms with Gasteiger partial charge in [0.25, 0.3) is 0 Å². The van der Waals surface area contributed by atoms with Gasteiger partial charge in [0.15, 0.2) is 0 Å². The summed E-state index contributed by atoms with van der Waals surface area (Å²) >= 11 is -1.47. The molecule has 6 aromatic rings. The Morgan fingerprint density at radius 2 is 0.977 bits per heavy atom. The Labute approximate surface area is 260 Å². The molecule has 3 heterocycles. The number of benzene rings is 6. The summed E-state index contributed by atoms with van der Waals surface area (Å²) in [4.78, 5) is 5.09. The van der Waals surface area contributed by atoms with Crippen LogP contribution in [0.3, 0.4) is 0 Å². The van der Waals surface area contributed by atoms with Gasteiger partial charge in [0, 0.05) is 0 Å². The fourth-order valence-corrected chi connectivity index (χ4v) is 20.6. The van der Waals surface area contributed by atoms with E-state index >= 15 is 0 Å². The number of hydrogen-bond acceptors (Lipinski definition) is 2. The van der Waals surface area contributed by atoms with Crippen molar-refractivity contribution in [3.63, 3.8) is 0 Å². The van der Waals surface area contributed by atoms with Crippen LogP contribution in [0.5, 0.6) is 0 Å². The summed E-state index contributed by atoms with van der Waals surface area (Å²) in [6.07, 6.45) is 0. The third-order valence-corrected chi connectivity index (χ3v) is 21.1. The molecule has 0 N–H and O–H groups in total. The van der Waals surface area contributed by atoms with Gasteiger partial charge in [0.2, 0.25) is 0 Å². The normalized spacial score (nSPS) is 14.9. The number of para-hydroxylation sites is 2. The Bertz CT molecular complexity index is 2030. The van der Waals surface area contributed by atoms with Crippen molar-refractivity contribution in [2.75, 3.05) is 4.90 Å². The van der Waals surface area contributed by atoms with E-state index in [0.29, 0.717) is 0 Å². The molecule has 0 saturated heterocycles.